The maximum Gasteiger partial charge on any atom is 0.224 e. The highest BCUT2D eigenvalue weighted by atomic mass is 32.2. The van der Waals surface area contributed by atoms with Gasteiger partial charge in [0.15, 0.2) is 0 Å². The zero-order chi connectivity index (χ0) is 15.0. The lowest BCUT2D eigenvalue weighted by atomic mass is 9.89. The van der Waals surface area contributed by atoms with Gasteiger partial charge in [-0.1, -0.05) is 12.1 Å². The highest BCUT2D eigenvalue weighted by Gasteiger charge is 2.43. The van der Waals surface area contributed by atoms with Crippen LogP contribution >= 0.6 is 0 Å². The predicted octanol–water partition coefficient (Wildman–Crippen LogP) is 0.296. The Bertz CT molecular complexity index is 630. The van der Waals surface area contributed by atoms with Crippen LogP contribution in [0.25, 0.3) is 0 Å². The summed E-state index contributed by atoms with van der Waals surface area (Å²) in [4.78, 5) is 11.4. The smallest absolute Gasteiger partial charge is 0.224 e. The molecule has 0 bridgehead atoms. The van der Waals surface area contributed by atoms with Crippen LogP contribution in [-0.4, -0.2) is 31.7 Å². The topological polar surface area (TPSA) is 106 Å². The van der Waals surface area contributed by atoms with Crippen molar-refractivity contribution in [2.45, 2.75) is 19.1 Å². The van der Waals surface area contributed by atoms with E-state index in [4.69, 9.17) is 11.5 Å². The summed E-state index contributed by atoms with van der Waals surface area (Å²) in [6.07, 6.45) is 0.457. The number of anilines is 1. The minimum Gasteiger partial charge on any atom is -0.399 e. The molecule has 110 valence electrons. The Morgan fingerprint density at radius 2 is 2.15 bits per heavy atom. The normalized spacial score (nSPS) is 23.9. The highest BCUT2D eigenvalue weighted by molar-refractivity contribution is 7.88. The SMILES string of the molecule is CC1(C(N)=O)CCN(S(=O)(=O)Cc2cccc(N)c2)C1. The number of amides is 1. The van der Waals surface area contributed by atoms with Gasteiger partial charge in [-0.15, -0.1) is 0 Å². The molecule has 0 aliphatic carbocycles. The maximum atomic E-state index is 12.4. The number of nitrogens with two attached hydrogens (primary N) is 2. The average molecular weight is 297 g/mol. The Morgan fingerprint density at radius 1 is 1.45 bits per heavy atom. The lowest BCUT2D eigenvalue weighted by molar-refractivity contribution is -0.126. The Kier molecular flexibility index (Phi) is 3.75. The van der Waals surface area contributed by atoms with Gasteiger partial charge in [0.2, 0.25) is 15.9 Å². The maximum absolute atomic E-state index is 12.4. The molecule has 1 aromatic rings. The van der Waals surface area contributed by atoms with E-state index in [1.165, 1.54) is 4.31 Å². The molecule has 4 N–H and O–H groups in total. The van der Waals surface area contributed by atoms with Crippen LogP contribution in [0, 0.1) is 5.41 Å². The molecule has 6 nitrogen and oxygen atoms in total. The molecular formula is C13H19N3O3S. The summed E-state index contributed by atoms with van der Waals surface area (Å²) in [6.45, 7) is 2.17. The van der Waals surface area contributed by atoms with Gasteiger partial charge in [0.25, 0.3) is 0 Å². The number of carbonyl (C=O) groups excluding carboxylic acids is 1. The van der Waals surface area contributed by atoms with Gasteiger partial charge in [-0.3, -0.25) is 4.79 Å². The average Bonchev–Trinajstić information content (AvgIpc) is 2.73. The lowest BCUT2D eigenvalue weighted by Gasteiger charge is -2.21. The number of hydrogen-bond donors (Lipinski definition) is 2. The molecule has 1 unspecified atom stereocenters. The Balaban J connectivity index is 2.15. The van der Waals surface area contributed by atoms with Crippen LogP contribution in [0.15, 0.2) is 24.3 Å². The largest absolute Gasteiger partial charge is 0.399 e. The van der Waals surface area contributed by atoms with Crippen LogP contribution in [0.4, 0.5) is 5.69 Å². The van der Waals surface area contributed by atoms with Crippen LogP contribution in [0.5, 0.6) is 0 Å². The summed E-state index contributed by atoms with van der Waals surface area (Å²) >= 11 is 0. The first kappa shape index (κ1) is 14.8. The number of primary amides is 1. The summed E-state index contributed by atoms with van der Waals surface area (Å²) in [5.41, 5.74) is 11.4. The summed E-state index contributed by atoms with van der Waals surface area (Å²) in [5, 5.41) is 0. The standard InChI is InChI=1S/C13H19N3O3S/c1-13(12(15)17)5-6-16(9-13)20(18,19)8-10-3-2-4-11(14)7-10/h2-4,7H,5-6,8-9,14H2,1H3,(H2,15,17). The van der Waals surface area contributed by atoms with Crippen molar-refractivity contribution in [1.29, 1.82) is 0 Å². The molecule has 1 saturated heterocycles. The third-order valence-corrected chi connectivity index (χ3v) is 5.52. The van der Waals surface area contributed by atoms with Crippen LogP contribution in [0.2, 0.25) is 0 Å². The van der Waals surface area contributed by atoms with Crippen LogP contribution in [0.1, 0.15) is 18.9 Å². The van der Waals surface area contributed by atoms with Gasteiger partial charge in [-0.25, -0.2) is 12.7 Å². The van der Waals surface area contributed by atoms with E-state index >= 15 is 0 Å². The number of nitrogen functional groups attached to an aromatic ring is 1. The van der Waals surface area contributed by atoms with E-state index < -0.39 is 21.3 Å². The van der Waals surface area contributed by atoms with Crippen LogP contribution in [0.3, 0.4) is 0 Å². The van der Waals surface area contributed by atoms with E-state index in [-0.39, 0.29) is 12.3 Å². The Morgan fingerprint density at radius 3 is 2.70 bits per heavy atom. The minimum atomic E-state index is -3.46. The van der Waals surface area contributed by atoms with Gasteiger partial charge >= 0.3 is 0 Å². The molecule has 0 spiro atoms. The molecule has 7 heteroatoms. The van der Waals surface area contributed by atoms with E-state index in [9.17, 15) is 13.2 Å². The number of nitrogens with zero attached hydrogens (tertiary/aromatic N) is 1. The molecular weight excluding hydrogens is 278 g/mol. The molecule has 0 saturated carbocycles. The fourth-order valence-electron chi connectivity index (χ4n) is 2.34. The Labute approximate surface area is 118 Å². The second kappa shape index (κ2) is 5.06. The van der Waals surface area contributed by atoms with Gasteiger partial charge in [-0.05, 0) is 31.0 Å². The fraction of sp³-hybridized carbons (Fsp3) is 0.462. The fourth-order valence-corrected chi connectivity index (χ4v) is 3.98. The first-order chi connectivity index (χ1) is 9.23. The summed E-state index contributed by atoms with van der Waals surface area (Å²) in [7, 11) is -3.46. The quantitative estimate of drug-likeness (QED) is 0.779. The second-order valence-electron chi connectivity index (χ2n) is 5.51. The molecule has 1 atom stereocenters. The van der Waals surface area contributed by atoms with Gasteiger partial charge in [0.1, 0.15) is 0 Å². The van der Waals surface area contributed by atoms with Crippen LogP contribution < -0.4 is 11.5 Å². The molecule has 0 radical (unpaired) electrons. The zero-order valence-corrected chi connectivity index (χ0v) is 12.2. The van der Waals surface area contributed by atoms with Gasteiger partial charge in [0.05, 0.1) is 11.2 Å². The minimum absolute atomic E-state index is 0.118. The summed E-state index contributed by atoms with van der Waals surface area (Å²) in [5.74, 6) is -0.577. The Hall–Kier alpha value is -1.60. The number of hydrogen-bond acceptors (Lipinski definition) is 4. The van der Waals surface area contributed by atoms with Gasteiger partial charge in [0, 0.05) is 18.8 Å². The van der Waals surface area contributed by atoms with Gasteiger partial charge < -0.3 is 11.5 Å². The van der Waals surface area contributed by atoms with Gasteiger partial charge in [-0.2, -0.15) is 0 Å². The number of carbonyl (C=O) groups is 1. The molecule has 1 aliphatic rings. The van der Waals surface area contributed by atoms with Crippen molar-refractivity contribution in [1.82, 2.24) is 4.31 Å². The van der Waals surface area contributed by atoms with Crippen molar-refractivity contribution in [3.05, 3.63) is 29.8 Å². The third-order valence-electron chi connectivity index (χ3n) is 3.73. The second-order valence-corrected chi connectivity index (χ2v) is 7.48. The molecule has 20 heavy (non-hydrogen) atoms. The number of sulfonamides is 1. The number of rotatable bonds is 4. The highest BCUT2D eigenvalue weighted by Crippen LogP contribution is 2.32. The van der Waals surface area contributed by atoms with Crippen molar-refractivity contribution in [3.63, 3.8) is 0 Å². The van der Waals surface area contributed by atoms with Crippen molar-refractivity contribution < 1.29 is 13.2 Å². The van der Waals surface area contributed by atoms with Crippen LogP contribution in [-0.2, 0) is 20.6 Å². The molecule has 0 aromatic heterocycles. The van der Waals surface area contributed by atoms with Crippen molar-refractivity contribution in [2.24, 2.45) is 11.1 Å². The molecule has 2 rings (SSSR count). The van der Waals surface area contributed by atoms with Crippen molar-refractivity contribution in [3.8, 4) is 0 Å². The van der Waals surface area contributed by atoms with Crippen molar-refractivity contribution in [2.75, 3.05) is 18.8 Å². The molecule has 1 aliphatic heterocycles. The number of benzene rings is 1. The third kappa shape index (κ3) is 2.94. The van der Waals surface area contributed by atoms with E-state index in [1.54, 1.807) is 31.2 Å². The summed E-state index contributed by atoms with van der Waals surface area (Å²) in [6, 6.07) is 6.78. The lowest BCUT2D eigenvalue weighted by Crippen LogP contribution is -2.39. The zero-order valence-electron chi connectivity index (χ0n) is 11.4. The van der Waals surface area contributed by atoms with E-state index in [0.29, 0.717) is 24.2 Å². The first-order valence-corrected chi connectivity index (χ1v) is 7.96. The molecule has 1 fully saturated rings. The summed E-state index contributed by atoms with van der Waals surface area (Å²) < 4.78 is 26.0. The van der Waals surface area contributed by atoms with E-state index in [0.717, 1.165) is 0 Å². The van der Waals surface area contributed by atoms with E-state index in [2.05, 4.69) is 0 Å². The molecule has 1 heterocycles. The first-order valence-electron chi connectivity index (χ1n) is 6.35. The predicted molar refractivity (Wildman–Crippen MR) is 77.0 cm³/mol. The molecule has 1 amide bonds. The monoisotopic (exact) mass is 297 g/mol. The molecule has 1 aromatic carbocycles. The van der Waals surface area contributed by atoms with E-state index in [1.807, 2.05) is 0 Å². The van der Waals surface area contributed by atoms with Crippen molar-refractivity contribution >= 4 is 21.6 Å².